The van der Waals surface area contributed by atoms with Crippen molar-refractivity contribution in [2.24, 2.45) is 5.92 Å². The minimum Gasteiger partial charge on any atom is -0.491 e. The quantitative estimate of drug-likeness (QED) is 0.550. The van der Waals surface area contributed by atoms with E-state index >= 15 is 0 Å². The van der Waals surface area contributed by atoms with Crippen LogP contribution in [0.3, 0.4) is 0 Å². The number of aromatic nitrogens is 1. The minimum absolute atomic E-state index is 0.191. The van der Waals surface area contributed by atoms with Gasteiger partial charge in [0.2, 0.25) is 5.91 Å². The Bertz CT molecular complexity index is 1080. The fourth-order valence-corrected chi connectivity index (χ4v) is 4.88. The molecule has 1 aliphatic rings. The van der Waals surface area contributed by atoms with Crippen LogP contribution in [0.2, 0.25) is 0 Å². The van der Waals surface area contributed by atoms with Crippen LogP contribution in [0.1, 0.15) is 60.5 Å². The molecule has 1 atom stereocenters. The summed E-state index contributed by atoms with van der Waals surface area (Å²) in [6, 6.07) is 7.56. The molecule has 1 aromatic heterocycles. The third-order valence-corrected chi connectivity index (χ3v) is 5.72. The monoisotopic (exact) mass is 469 g/mol. The van der Waals surface area contributed by atoms with E-state index in [1.165, 1.54) is 11.8 Å². The molecule has 3 rings (SSSR count). The van der Waals surface area contributed by atoms with E-state index in [0.29, 0.717) is 30.3 Å². The number of carboxylic acid groups (broad SMARTS) is 1. The summed E-state index contributed by atoms with van der Waals surface area (Å²) >= 11 is 0. The van der Waals surface area contributed by atoms with Gasteiger partial charge >= 0.3 is 6.09 Å². The summed E-state index contributed by atoms with van der Waals surface area (Å²) in [5.74, 6) is 1.86. The lowest BCUT2D eigenvalue weighted by molar-refractivity contribution is -0.114. The Hall–Kier alpha value is -3.29. The number of benzene rings is 1. The molecule has 0 saturated heterocycles. The molecule has 0 bridgehead atoms. The van der Waals surface area contributed by atoms with E-state index in [4.69, 9.17) is 9.47 Å². The van der Waals surface area contributed by atoms with Crippen LogP contribution in [-0.2, 0) is 11.4 Å². The summed E-state index contributed by atoms with van der Waals surface area (Å²) in [7, 11) is 0. The number of hydrogen-bond acceptors (Lipinski definition) is 5. The summed E-state index contributed by atoms with van der Waals surface area (Å²) in [6.07, 6.45) is 1.31. The van der Waals surface area contributed by atoms with Gasteiger partial charge < -0.3 is 19.9 Å². The Morgan fingerprint density at radius 3 is 2.50 bits per heavy atom. The van der Waals surface area contributed by atoms with Crippen molar-refractivity contribution in [2.45, 2.75) is 72.6 Å². The third kappa shape index (κ3) is 5.61. The van der Waals surface area contributed by atoms with Crippen molar-refractivity contribution in [1.29, 1.82) is 0 Å². The number of fused-ring (bicyclic) bond motifs is 3. The molecule has 34 heavy (non-hydrogen) atoms. The van der Waals surface area contributed by atoms with Crippen molar-refractivity contribution in [3.8, 4) is 22.6 Å². The SMILES string of the molecule is CC(=O)Nc1cc2c(cn1)OCc1cc(OCC(C)(CC(C)C)N(C(=O)O)C(C)(C)C)ccc1-2. The van der Waals surface area contributed by atoms with Gasteiger partial charge in [0, 0.05) is 23.6 Å². The first-order chi connectivity index (χ1) is 15.8. The number of carbonyl (C=O) groups is 2. The topological polar surface area (TPSA) is 101 Å². The summed E-state index contributed by atoms with van der Waals surface area (Å²) in [6.45, 7) is 13.8. The highest BCUT2D eigenvalue weighted by Crippen LogP contribution is 2.40. The van der Waals surface area contributed by atoms with Gasteiger partial charge in [0.15, 0.2) is 0 Å². The van der Waals surface area contributed by atoms with Crippen molar-refractivity contribution in [1.82, 2.24) is 9.88 Å². The lowest BCUT2D eigenvalue weighted by atomic mass is 9.86. The highest BCUT2D eigenvalue weighted by atomic mass is 16.5. The summed E-state index contributed by atoms with van der Waals surface area (Å²) in [5.41, 5.74) is 1.49. The predicted molar refractivity (Wildman–Crippen MR) is 131 cm³/mol. The molecule has 2 heterocycles. The average Bonchev–Trinajstić information content (AvgIpc) is 2.69. The summed E-state index contributed by atoms with van der Waals surface area (Å²) < 4.78 is 12.1. The van der Waals surface area contributed by atoms with Crippen molar-refractivity contribution >= 4 is 17.8 Å². The van der Waals surface area contributed by atoms with Gasteiger partial charge in [0.05, 0.1) is 11.7 Å². The Morgan fingerprint density at radius 2 is 1.91 bits per heavy atom. The van der Waals surface area contributed by atoms with Crippen LogP contribution in [0.25, 0.3) is 11.1 Å². The second-order valence-electron chi connectivity index (χ2n) is 10.5. The van der Waals surface area contributed by atoms with E-state index in [0.717, 1.165) is 16.7 Å². The first-order valence-corrected chi connectivity index (χ1v) is 11.5. The maximum absolute atomic E-state index is 12.2. The fourth-order valence-electron chi connectivity index (χ4n) is 4.88. The zero-order chi connectivity index (χ0) is 25.3. The van der Waals surface area contributed by atoms with Crippen LogP contribution in [0.15, 0.2) is 30.5 Å². The van der Waals surface area contributed by atoms with Gasteiger partial charge in [-0.1, -0.05) is 19.9 Å². The van der Waals surface area contributed by atoms with Gasteiger partial charge in [-0.25, -0.2) is 9.78 Å². The summed E-state index contributed by atoms with van der Waals surface area (Å²) in [5, 5.41) is 12.7. The van der Waals surface area contributed by atoms with Crippen molar-refractivity contribution in [3.63, 3.8) is 0 Å². The van der Waals surface area contributed by atoms with Crippen LogP contribution in [0.5, 0.6) is 11.5 Å². The van der Waals surface area contributed by atoms with Crippen LogP contribution in [0, 0.1) is 5.92 Å². The third-order valence-electron chi connectivity index (χ3n) is 5.72. The molecule has 0 spiro atoms. The normalized spacial score (nSPS) is 14.4. The number of pyridine rings is 1. The Balaban J connectivity index is 1.87. The molecule has 0 saturated carbocycles. The van der Waals surface area contributed by atoms with Gasteiger partial charge in [-0.05, 0) is 63.8 Å². The molecule has 0 fully saturated rings. The maximum atomic E-state index is 12.2. The molecule has 8 nitrogen and oxygen atoms in total. The molecule has 2 amide bonds. The largest absolute Gasteiger partial charge is 0.491 e. The maximum Gasteiger partial charge on any atom is 0.408 e. The highest BCUT2D eigenvalue weighted by Gasteiger charge is 2.43. The molecule has 1 aliphatic heterocycles. The van der Waals surface area contributed by atoms with Crippen molar-refractivity contribution in [2.75, 3.05) is 11.9 Å². The number of rotatable bonds is 7. The lowest BCUT2D eigenvalue weighted by Crippen LogP contribution is -2.61. The Labute approximate surface area is 201 Å². The van der Waals surface area contributed by atoms with Gasteiger partial charge in [0.25, 0.3) is 0 Å². The second-order valence-corrected chi connectivity index (χ2v) is 10.5. The molecule has 0 radical (unpaired) electrons. The number of hydrogen-bond donors (Lipinski definition) is 2. The number of ether oxygens (including phenoxy) is 2. The predicted octanol–water partition coefficient (Wildman–Crippen LogP) is 5.56. The van der Waals surface area contributed by atoms with Gasteiger partial charge in [-0.3, -0.25) is 9.69 Å². The number of carbonyl (C=O) groups excluding carboxylic acids is 1. The van der Waals surface area contributed by atoms with Gasteiger partial charge in [-0.2, -0.15) is 0 Å². The van der Waals surface area contributed by atoms with E-state index in [1.54, 1.807) is 12.3 Å². The Kier molecular flexibility index (Phi) is 7.10. The van der Waals surface area contributed by atoms with Crippen LogP contribution < -0.4 is 14.8 Å². The van der Waals surface area contributed by atoms with Crippen LogP contribution in [0.4, 0.5) is 10.6 Å². The van der Waals surface area contributed by atoms with Crippen LogP contribution >= 0.6 is 0 Å². The van der Waals surface area contributed by atoms with E-state index < -0.39 is 17.2 Å². The smallest absolute Gasteiger partial charge is 0.408 e. The van der Waals surface area contributed by atoms with E-state index in [2.05, 4.69) is 24.1 Å². The molecule has 1 unspecified atom stereocenters. The molecule has 1 aromatic carbocycles. The molecule has 0 aliphatic carbocycles. The second kappa shape index (κ2) is 9.52. The zero-order valence-corrected chi connectivity index (χ0v) is 21.1. The molecule has 184 valence electrons. The van der Waals surface area contributed by atoms with Crippen molar-refractivity contribution in [3.05, 3.63) is 36.0 Å². The highest BCUT2D eigenvalue weighted by molar-refractivity contribution is 5.89. The van der Waals surface area contributed by atoms with Gasteiger partial charge in [0.1, 0.15) is 30.5 Å². The van der Waals surface area contributed by atoms with E-state index in [1.807, 2.05) is 45.9 Å². The van der Waals surface area contributed by atoms with Crippen molar-refractivity contribution < 1.29 is 24.2 Å². The zero-order valence-electron chi connectivity index (χ0n) is 21.1. The molecular weight excluding hydrogens is 434 g/mol. The standard InChI is InChI=1S/C26H35N3O5/c1-16(2)12-26(7,29(24(31)32)25(4,5)6)15-34-19-8-9-20-18(10-19)14-33-22-13-27-23(11-21(20)22)28-17(3)30/h8-11,13,16H,12,14-15H2,1-7H3,(H,31,32)(H,27,28,30). The van der Waals surface area contributed by atoms with E-state index in [-0.39, 0.29) is 18.4 Å². The van der Waals surface area contributed by atoms with Gasteiger partial charge in [-0.15, -0.1) is 0 Å². The first kappa shape index (κ1) is 25.3. The molecular formula is C26H35N3O5. The van der Waals surface area contributed by atoms with Crippen LogP contribution in [-0.4, -0.2) is 44.7 Å². The molecule has 2 N–H and O–H groups in total. The number of nitrogens with zero attached hydrogens (tertiary/aromatic N) is 2. The molecule has 2 aromatic rings. The average molecular weight is 470 g/mol. The lowest BCUT2D eigenvalue weighted by Gasteiger charge is -2.47. The first-order valence-electron chi connectivity index (χ1n) is 11.5. The Morgan fingerprint density at radius 1 is 1.21 bits per heavy atom. The fraction of sp³-hybridized carbons (Fsp3) is 0.500. The minimum atomic E-state index is -0.960. The summed E-state index contributed by atoms with van der Waals surface area (Å²) in [4.78, 5) is 29.3. The molecule has 8 heteroatoms. The van der Waals surface area contributed by atoms with E-state index in [9.17, 15) is 14.7 Å². The number of nitrogens with one attached hydrogen (secondary N) is 1. The number of amides is 2. The number of anilines is 1.